The van der Waals surface area contributed by atoms with Crippen LogP contribution in [-0.4, -0.2) is 18.3 Å². The van der Waals surface area contributed by atoms with Crippen molar-refractivity contribution in [1.82, 2.24) is 0 Å². The summed E-state index contributed by atoms with van der Waals surface area (Å²) in [7, 11) is 0. The van der Waals surface area contributed by atoms with E-state index < -0.39 is 0 Å². The van der Waals surface area contributed by atoms with Crippen molar-refractivity contribution in [2.24, 2.45) is 0 Å². The number of hydrogen-bond donors (Lipinski definition) is 0. The lowest BCUT2D eigenvalue weighted by Crippen LogP contribution is -1.71. The summed E-state index contributed by atoms with van der Waals surface area (Å²) in [4.78, 5) is 0. The first-order valence-electron chi connectivity index (χ1n) is 1.85. The van der Waals surface area contributed by atoms with E-state index in [0.717, 1.165) is 5.75 Å². The summed E-state index contributed by atoms with van der Waals surface area (Å²) in [6.07, 6.45) is 0. The maximum Gasteiger partial charge on any atom is 0.0461 e. The molecule has 0 amide bonds. The van der Waals surface area contributed by atoms with Gasteiger partial charge in [0.1, 0.15) is 0 Å². The molecule has 44 valence electrons. The second kappa shape index (κ2) is 5.50. The fourth-order valence-corrected chi connectivity index (χ4v) is 2.68. The molecule has 0 saturated carbocycles. The Kier molecular flexibility index (Phi) is 6.56. The van der Waals surface area contributed by atoms with E-state index in [0.29, 0.717) is 5.88 Å². The zero-order valence-electron chi connectivity index (χ0n) is 4.03. The third kappa shape index (κ3) is 7.36. The lowest BCUT2D eigenvalue weighted by Gasteiger charge is -1.95. The molecule has 0 aromatic heterocycles. The second-order valence-electron chi connectivity index (χ2n) is 0.943. The maximum absolute atomic E-state index is 5.63. The number of halogens is 2. The minimum atomic E-state index is -0.302. The normalized spacial score (nSPS) is 14.1. The number of alkyl halides is 1. The van der Waals surface area contributed by atoms with Gasteiger partial charge in [0.25, 0.3) is 0 Å². The highest BCUT2D eigenvalue weighted by atomic mass is 35.7. The van der Waals surface area contributed by atoms with Gasteiger partial charge in [-0.3, -0.25) is 0 Å². The maximum atomic E-state index is 5.63. The fraction of sp³-hybridized carbons (Fsp3) is 1.00. The van der Waals surface area contributed by atoms with Gasteiger partial charge < -0.3 is 0 Å². The molecule has 0 bridgehead atoms. The van der Waals surface area contributed by atoms with Crippen molar-refractivity contribution in [3.63, 3.8) is 0 Å². The Hall–Kier alpha value is 1.36. The van der Waals surface area contributed by atoms with Crippen molar-refractivity contribution in [1.29, 1.82) is 0 Å². The summed E-state index contributed by atoms with van der Waals surface area (Å²) < 4.78 is 0. The van der Waals surface area contributed by atoms with Gasteiger partial charge >= 0.3 is 0 Å². The minimum absolute atomic E-state index is 0.302. The molecular formula is C3H7Cl2PS. The fourth-order valence-electron chi connectivity index (χ4n) is 0.160. The summed E-state index contributed by atoms with van der Waals surface area (Å²) in [5.74, 6) is 1.69. The minimum Gasteiger partial charge on any atom is -0.126 e. The van der Waals surface area contributed by atoms with E-state index in [1.54, 1.807) is 11.4 Å². The van der Waals surface area contributed by atoms with Crippen LogP contribution in [0.3, 0.4) is 0 Å². The van der Waals surface area contributed by atoms with E-state index in [9.17, 15) is 0 Å². The first-order valence-corrected chi connectivity index (χ1v) is 6.67. The average molecular weight is 177 g/mol. The van der Waals surface area contributed by atoms with Crippen LogP contribution in [0.2, 0.25) is 0 Å². The predicted molar refractivity (Wildman–Crippen MR) is 41.9 cm³/mol. The molecule has 0 nitrogen and oxygen atoms in total. The number of hydrogen-bond acceptors (Lipinski definition) is 1. The molecule has 0 fully saturated rings. The molecule has 0 heterocycles. The van der Waals surface area contributed by atoms with Crippen LogP contribution in [0.4, 0.5) is 0 Å². The highest BCUT2D eigenvalue weighted by Gasteiger charge is 1.91. The largest absolute Gasteiger partial charge is 0.126 e. The molecule has 0 aliphatic heterocycles. The Morgan fingerprint density at radius 2 is 2.29 bits per heavy atom. The molecule has 0 aromatic rings. The van der Waals surface area contributed by atoms with Crippen LogP contribution in [-0.2, 0) is 0 Å². The summed E-state index contributed by atoms with van der Waals surface area (Å²) in [6.45, 7) is 1.71. The van der Waals surface area contributed by atoms with Crippen molar-refractivity contribution < 1.29 is 0 Å². The Bertz CT molecular complexity index is 41.9. The van der Waals surface area contributed by atoms with Crippen LogP contribution in [0, 0.1) is 0 Å². The van der Waals surface area contributed by atoms with E-state index in [2.05, 4.69) is 0 Å². The molecule has 1 unspecified atom stereocenters. The van der Waals surface area contributed by atoms with E-state index >= 15 is 0 Å². The van der Waals surface area contributed by atoms with E-state index in [-0.39, 0.29) is 6.48 Å². The average Bonchev–Trinajstić information content (AvgIpc) is 1.61. The number of rotatable bonds is 3. The van der Waals surface area contributed by atoms with Crippen molar-refractivity contribution in [2.45, 2.75) is 0 Å². The molecule has 0 N–H and O–H groups in total. The highest BCUT2D eigenvalue weighted by Crippen LogP contribution is 2.50. The van der Waals surface area contributed by atoms with Gasteiger partial charge in [0, 0.05) is 18.1 Å². The van der Waals surface area contributed by atoms with Crippen molar-refractivity contribution >= 4 is 40.7 Å². The van der Waals surface area contributed by atoms with Gasteiger partial charge in [-0.25, -0.2) is 0 Å². The van der Waals surface area contributed by atoms with Gasteiger partial charge in [-0.2, -0.15) is 0 Å². The molecule has 7 heavy (non-hydrogen) atoms. The second-order valence-corrected chi connectivity index (χ2v) is 7.37. The van der Waals surface area contributed by atoms with Crippen molar-refractivity contribution in [3.05, 3.63) is 0 Å². The molecule has 0 rings (SSSR count). The SMILES string of the molecule is CP(Cl)SCCCl. The standard InChI is InChI=1S/C3H7Cl2PS/c1-6(5)7-3-2-4/h2-3H2,1H3. The quantitative estimate of drug-likeness (QED) is 0.471. The third-order valence-corrected chi connectivity index (χ3v) is 4.00. The van der Waals surface area contributed by atoms with Gasteiger partial charge in [0.2, 0.25) is 0 Å². The molecule has 0 spiro atoms. The molecule has 0 saturated heterocycles. The van der Waals surface area contributed by atoms with Gasteiger partial charge in [-0.15, -0.1) is 23.0 Å². The molecule has 0 aliphatic rings. The lowest BCUT2D eigenvalue weighted by atomic mass is 11.0. The summed E-state index contributed by atoms with van der Waals surface area (Å²) in [5.41, 5.74) is 0. The van der Waals surface area contributed by atoms with Gasteiger partial charge in [-0.1, -0.05) is 11.2 Å². The Balaban J connectivity index is 2.68. The molecule has 0 radical (unpaired) electrons. The zero-order valence-corrected chi connectivity index (χ0v) is 7.25. The topological polar surface area (TPSA) is 0 Å². The first-order chi connectivity index (χ1) is 3.27. The van der Waals surface area contributed by atoms with Crippen LogP contribution >= 0.6 is 40.7 Å². The van der Waals surface area contributed by atoms with Gasteiger partial charge in [0.05, 0.1) is 0 Å². The van der Waals surface area contributed by atoms with E-state index in [1.807, 2.05) is 6.66 Å². The van der Waals surface area contributed by atoms with Crippen LogP contribution in [0.25, 0.3) is 0 Å². The lowest BCUT2D eigenvalue weighted by molar-refractivity contribution is 1.55. The van der Waals surface area contributed by atoms with Crippen LogP contribution < -0.4 is 0 Å². The van der Waals surface area contributed by atoms with Crippen LogP contribution in [0.1, 0.15) is 0 Å². The van der Waals surface area contributed by atoms with E-state index in [1.165, 1.54) is 0 Å². The molecule has 1 atom stereocenters. The Morgan fingerprint density at radius 3 is 2.43 bits per heavy atom. The zero-order chi connectivity index (χ0) is 5.70. The van der Waals surface area contributed by atoms with Crippen molar-refractivity contribution in [3.8, 4) is 0 Å². The predicted octanol–water partition coefficient (Wildman–Crippen LogP) is 3.14. The molecule has 0 aromatic carbocycles. The summed E-state index contributed by atoms with van der Waals surface area (Å²) in [6, 6.07) is 0. The van der Waals surface area contributed by atoms with Gasteiger partial charge in [-0.05, 0) is 6.66 Å². The smallest absolute Gasteiger partial charge is 0.0461 e. The Morgan fingerprint density at radius 1 is 1.71 bits per heavy atom. The summed E-state index contributed by atoms with van der Waals surface area (Å²) in [5, 5.41) is 0. The van der Waals surface area contributed by atoms with Crippen LogP contribution in [0.5, 0.6) is 0 Å². The molecular weight excluding hydrogens is 170 g/mol. The summed E-state index contributed by atoms with van der Waals surface area (Å²) >= 11 is 12.7. The Labute approximate surface area is 59.2 Å². The van der Waals surface area contributed by atoms with Crippen LogP contribution in [0.15, 0.2) is 0 Å². The monoisotopic (exact) mass is 176 g/mol. The highest BCUT2D eigenvalue weighted by molar-refractivity contribution is 8.62. The molecule has 0 aliphatic carbocycles. The van der Waals surface area contributed by atoms with Crippen molar-refractivity contribution in [2.75, 3.05) is 18.3 Å². The first kappa shape index (κ1) is 8.36. The molecule has 4 heteroatoms. The van der Waals surface area contributed by atoms with E-state index in [4.69, 9.17) is 22.8 Å². The van der Waals surface area contributed by atoms with Gasteiger partial charge in [0.15, 0.2) is 0 Å². The third-order valence-electron chi connectivity index (χ3n) is 0.346.